The lowest BCUT2D eigenvalue weighted by atomic mass is 10.1. The third kappa shape index (κ3) is 3.81. The molecule has 0 saturated carbocycles. The van der Waals surface area contributed by atoms with E-state index in [-0.39, 0.29) is 0 Å². The van der Waals surface area contributed by atoms with E-state index in [1.807, 2.05) is 31.2 Å². The number of halogens is 2. The van der Waals surface area contributed by atoms with Crippen LogP contribution < -0.4 is 10.1 Å². The highest BCUT2D eigenvalue weighted by molar-refractivity contribution is 6.35. The summed E-state index contributed by atoms with van der Waals surface area (Å²) < 4.78 is 5.14. The van der Waals surface area contributed by atoms with Crippen molar-refractivity contribution >= 4 is 28.9 Å². The Morgan fingerprint density at radius 1 is 1.05 bits per heavy atom. The molecule has 0 aromatic heterocycles. The maximum atomic E-state index is 6.19. The summed E-state index contributed by atoms with van der Waals surface area (Å²) in [6.07, 6.45) is 0.909. The van der Waals surface area contributed by atoms with Gasteiger partial charge in [-0.25, -0.2) is 0 Å². The molecule has 0 unspecified atom stereocenters. The quantitative estimate of drug-likeness (QED) is 0.842. The van der Waals surface area contributed by atoms with Crippen LogP contribution in [-0.4, -0.2) is 13.7 Å². The first kappa shape index (κ1) is 15.0. The number of methoxy groups -OCH3 is 1. The highest BCUT2D eigenvalue weighted by Crippen LogP contribution is 2.28. The molecule has 0 spiro atoms. The number of anilines is 1. The Morgan fingerprint density at radius 3 is 2.40 bits per heavy atom. The van der Waals surface area contributed by atoms with Gasteiger partial charge in [0.2, 0.25) is 0 Å². The second-order valence-corrected chi connectivity index (χ2v) is 5.42. The average molecular weight is 310 g/mol. The molecule has 0 heterocycles. The second-order valence-electron chi connectivity index (χ2n) is 4.61. The van der Waals surface area contributed by atoms with Gasteiger partial charge in [0, 0.05) is 11.6 Å². The number of benzene rings is 2. The molecule has 0 fully saturated rings. The Kier molecular flexibility index (Phi) is 5.16. The molecule has 0 amide bonds. The maximum absolute atomic E-state index is 6.19. The molecule has 2 aromatic rings. The van der Waals surface area contributed by atoms with Crippen LogP contribution in [0.3, 0.4) is 0 Å². The SMILES string of the molecule is COc1ccc(CCNc2cc(Cl)c(C)cc2Cl)cc1. The molecule has 2 aromatic carbocycles. The van der Waals surface area contributed by atoms with Crippen molar-refractivity contribution in [2.75, 3.05) is 19.0 Å². The van der Waals surface area contributed by atoms with Crippen LogP contribution in [0, 0.1) is 6.92 Å². The van der Waals surface area contributed by atoms with Gasteiger partial charge in [-0.3, -0.25) is 0 Å². The summed E-state index contributed by atoms with van der Waals surface area (Å²) in [7, 11) is 1.67. The molecule has 0 aliphatic rings. The lowest BCUT2D eigenvalue weighted by Crippen LogP contribution is -2.05. The Morgan fingerprint density at radius 2 is 1.75 bits per heavy atom. The summed E-state index contributed by atoms with van der Waals surface area (Å²) in [4.78, 5) is 0. The van der Waals surface area contributed by atoms with Crippen LogP contribution in [0.15, 0.2) is 36.4 Å². The van der Waals surface area contributed by atoms with Crippen molar-refractivity contribution in [3.63, 3.8) is 0 Å². The fraction of sp³-hybridized carbons (Fsp3) is 0.250. The van der Waals surface area contributed by atoms with Crippen molar-refractivity contribution in [3.05, 3.63) is 57.6 Å². The van der Waals surface area contributed by atoms with Crippen LogP contribution in [0.25, 0.3) is 0 Å². The zero-order valence-corrected chi connectivity index (χ0v) is 13.1. The minimum absolute atomic E-state index is 0.696. The van der Waals surface area contributed by atoms with Crippen LogP contribution in [0.1, 0.15) is 11.1 Å². The molecule has 4 heteroatoms. The maximum Gasteiger partial charge on any atom is 0.118 e. The number of hydrogen-bond acceptors (Lipinski definition) is 2. The second kappa shape index (κ2) is 6.87. The number of rotatable bonds is 5. The van der Waals surface area contributed by atoms with E-state index < -0.39 is 0 Å². The minimum atomic E-state index is 0.696. The molecular formula is C16H17Cl2NO. The van der Waals surface area contributed by atoms with E-state index in [0.29, 0.717) is 5.02 Å². The van der Waals surface area contributed by atoms with Crippen molar-refractivity contribution in [2.45, 2.75) is 13.3 Å². The predicted molar refractivity (Wildman–Crippen MR) is 86.4 cm³/mol. The van der Waals surface area contributed by atoms with Gasteiger partial charge in [-0.05, 0) is 48.7 Å². The first-order chi connectivity index (χ1) is 9.60. The molecule has 0 saturated heterocycles. The lowest BCUT2D eigenvalue weighted by molar-refractivity contribution is 0.414. The molecule has 0 bridgehead atoms. The largest absolute Gasteiger partial charge is 0.497 e. The highest BCUT2D eigenvalue weighted by Gasteiger charge is 2.04. The minimum Gasteiger partial charge on any atom is -0.497 e. The number of hydrogen-bond donors (Lipinski definition) is 1. The van der Waals surface area contributed by atoms with Gasteiger partial charge in [0.1, 0.15) is 5.75 Å². The van der Waals surface area contributed by atoms with Gasteiger partial charge >= 0.3 is 0 Å². The number of ether oxygens (including phenoxy) is 1. The summed E-state index contributed by atoms with van der Waals surface area (Å²) >= 11 is 12.3. The van der Waals surface area contributed by atoms with E-state index in [1.165, 1.54) is 5.56 Å². The zero-order valence-electron chi connectivity index (χ0n) is 11.5. The van der Waals surface area contributed by atoms with Gasteiger partial charge in [0.15, 0.2) is 0 Å². The fourth-order valence-corrected chi connectivity index (χ4v) is 2.36. The molecule has 0 aliphatic carbocycles. The number of aryl methyl sites for hydroxylation is 1. The Labute approximate surface area is 129 Å². The summed E-state index contributed by atoms with van der Waals surface area (Å²) in [6.45, 7) is 2.74. The highest BCUT2D eigenvalue weighted by atomic mass is 35.5. The molecule has 2 rings (SSSR count). The third-order valence-corrected chi connectivity index (χ3v) is 3.86. The average Bonchev–Trinajstić information content (AvgIpc) is 2.45. The molecule has 20 heavy (non-hydrogen) atoms. The third-order valence-electron chi connectivity index (χ3n) is 3.14. The predicted octanol–water partition coefficient (Wildman–Crippen LogP) is 4.97. The van der Waals surface area contributed by atoms with Crippen molar-refractivity contribution in [3.8, 4) is 5.75 Å². The van der Waals surface area contributed by atoms with Gasteiger partial charge in [0.05, 0.1) is 17.8 Å². The van der Waals surface area contributed by atoms with Gasteiger partial charge in [0.25, 0.3) is 0 Å². The molecule has 0 radical (unpaired) electrons. The Bertz CT molecular complexity index is 582. The van der Waals surface area contributed by atoms with Crippen molar-refractivity contribution in [1.29, 1.82) is 0 Å². The van der Waals surface area contributed by atoms with Gasteiger partial charge in [-0.1, -0.05) is 35.3 Å². The summed E-state index contributed by atoms with van der Waals surface area (Å²) in [5.41, 5.74) is 3.10. The molecule has 106 valence electrons. The van der Waals surface area contributed by atoms with Crippen LogP contribution in [0.4, 0.5) is 5.69 Å². The summed E-state index contributed by atoms with van der Waals surface area (Å²) in [6, 6.07) is 11.8. The van der Waals surface area contributed by atoms with Crippen LogP contribution in [0.2, 0.25) is 10.0 Å². The van der Waals surface area contributed by atoms with Gasteiger partial charge in [-0.2, -0.15) is 0 Å². The topological polar surface area (TPSA) is 21.3 Å². The van der Waals surface area contributed by atoms with Crippen molar-refractivity contribution in [2.24, 2.45) is 0 Å². The van der Waals surface area contributed by atoms with Crippen molar-refractivity contribution in [1.82, 2.24) is 0 Å². The molecule has 2 nitrogen and oxygen atoms in total. The molecule has 1 N–H and O–H groups in total. The van der Waals surface area contributed by atoms with Crippen molar-refractivity contribution < 1.29 is 4.74 Å². The van der Waals surface area contributed by atoms with E-state index in [4.69, 9.17) is 27.9 Å². The first-order valence-corrected chi connectivity index (χ1v) is 7.18. The lowest BCUT2D eigenvalue weighted by Gasteiger charge is -2.10. The van der Waals surface area contributed by atoms with E-state index >= 15 is 0 Å². The Hall–Kier alpha value is -1.38. The Balaban J connectivity index is 1.94. The monoisotopic (exact) mass is 309 g/mol. The van der Waals surface area contributed by atoms with Crippen LogP contribution in [0.5, 0.6) is 5.75 Å². The summed E-state index contributed by atoms with van der Waals surface area (Å²) in [5.74, 6) is 0.870. The standard InChI is InChI=1S/C16H17Cl2NO/c1-11-9-15(18)16(10-14(11)17)19-8-7-12-3-5-13(20-2)6-4-12/h3-6,9-10,19H,7-8H2,1-2H3. The normalized spacial score (nSPS) is 10.4. The van der Waals surface area contributed by atoms with Gasteiger partial charge < -0.3 is 10.1 Å². The smallest absolute Gasteiger partial charge is 0.118 e. The van der Waals surface area contributed by atoms with Crippen LogP contribution >= 0.6 is 23.2 Å². The first-order valence-electron chi connectivity index (χ1n) is 6.42. The molecular weight excluding hydrogens is 293 g/mol. The number of nitrogens with one attached hydrogen (secondary N) is 1. The van der Waals surface area contributed by atoms with Gasteiger partial charge in [-0.15, -0.1) is 0 Å². The molecule has 0 aliphatic heterocycles. The van der Waals surface area contributed by atoms with E-state index in [2.05, 4.69) is 17.4 Å². The van der Waals surface area contributed by atoms with E-state index in [1.54, 1.807) is 7.11 Å². The van der Waals surface area contributed by atoms with E-state index in [9.17, 15) is 0 Å². The zero-order chi connectivity index (χ0) is 14.5. The fourth-order valence-electron chi connectivity index (χ4n) is 1.92. The van der Waals surface area contributed by atoms with E-state index in [0.717, 1.165) is 35.0 Å². The molecule has 0 atom stereocenters. The summed E-state index contributed by atoms with van der Waals surface area (Å²) in [5, 5.41) is 4.73. The van der Waals surface area contributed by atoms with Crippen LogP contribution in [-0.2, 0) is 6.42 Å².